The van der Waals surface area contributed by atoms with E-state index in [0.717, 1.165) is 16.5 Å². The lowest BCUT2D eigenvalue weighted by Crippen LogP contribution is -2.20. The van der Waals surface area contributed by atoms with Gasteiger partial charge in [-0.1, -0.05) is 6.07 Å². The van der Waals surface area contributed by atoms with Crippen LogP contribution in [0.2, 0.25) is 0 Å². The van der Waals surface area contributed by atoms with Crippen molar-refractivity contribution in [3.05, 3.63) is 35.5 Å². The summed E-state index contributed by atoms with van der Waals surface area (Å²) in [6.45, 7) is -5.65. The molecule has 0 amide bonds. The van der Waals surface area contributed by atoms with Gasteiger partial charge in [0.2, 0.25) is 10.0 Å². The Labute approximate surface area is 128 Å². The number of hydrogen-bond acceptors (Lipinski definition) is 3. The van der Waals surface area contributed by atoms with Gasteiger partial charge in [-0.15, -0.1) is 0 Å². The summed E-state index contributed by atoms with van der Waals surface area (Å²) in [5.41, 5.74) is 2.07. The first-order valence-electron chi connectivity index (χ1n) is 9.11. The molecule has 0 aliphatic rings. The monoisotopic (exact) mass is 307 g/mol. The molecule has 6 heteroatoms. The molecule has 1 aromatic heterocycles. The van der Waals surface area contributed by atoms with E-state index in [0.29, 0.717) is 10.5 Å². The van der Waals surface area contributed by atoms with Crippen molar-refractivity contribution in [2.24, 2.45) is 0 Å². The first kappa shape index (κ1) is 8.81. The van der Waals surface area contributed by atoms with Crippen molar-refractivity contribution in [1.29, 1.82) is 0 Å². The molecule has 0 spiro atoms. The summed E-state index contributed by atoms with van der Waals surface area (Å²) in [5.74, 6) is -0.180. The fourth-order valence-corrected chi connectivity index (χ4v) is 2.81. The number of hydrogen-bond donors (Lipinski definition) is 2. The van der Waals surface area contributed by atoms with Gasteiger partial charge in [0.1, 0.15) is 0 Å². The summed E-state index contributed by atoms with van der Waals surface area (Å²) < 4.78 is 70.1. The van der Waals surface area contributed by atoms with E-state index in [1.807, 2.05) is 0 Å². The number of aromatic nitrogens is 1. The quantitative estimate of drug-likeness (QED) is 0.846. The van der Waals surface area contributed by atoms with Crippen LogP contribution in [-0.2, 0) is 22.2 Å². The van der Waals surface area contributed by atoms with Gasteiger partial charge < -0.3 is 9.88 Å². The number of nitrogens with one attached hydrogen (secondary N) is 2. The summed E-state index contributed by atoms with van der Waals surface area (Å²) in [5, 5.41) is 0.741. The van der Waals surface area contributed by atoms with E-state index < -0.39 is 24.0 Å². The summed E-state index contributed by atoms with van der Waals surface area (Å²) in [6.07, 6.45) is 1.87. The number of benzene rings is 1. The Morgan fingerprint density at radius 1 is 1.40 bits per heavy atom. The molecule has 0 unspecified atom stereocenters. The van der Waals surface area contributed by atoms with Gasteiger partial charge in [-0.2, -0.15) is 0 Å². The van der Waals surface area contributed by atoms with Crippen LogP contribution in [0.5, 0.6) is 0 Å². The minimum Gasteiger partial charge on any atom is -0.361 e. The highest BCUT2D eigenvalue weighted by Gasteiger charge is 2.11. The van der Waals surface area contributed by atoms with Crippen LogP contribution >= 0.6 is 0 Å². The molecule has 0 atom stereocenters. The summed E-state index contributed by atoms with van der Waals surface area (Å²) >= 11 is 0. The van der Waals surface area contributed by atoms with Crippen molar-refractivity contribution in [3.8, 4) is 0 Å². The van der Waals surface area contributed by atoms with Gasteiger partial charge in [-0.25, -0.2) is 13.1 Å². The zero-order valence-corrected chi connectivity index (χ0v) is 11.9. The Morgan fingerprint density at radius 3 is 2.90 bits per heavy atom. The second-order valence-corrected chi connectivity index (χ2v) is 6.49. The molecular formula is C14H21N3O2S. The molecular weight excluding hydrogens is 274 g/mol. The number of rotatable bonds is 6. The molecule has 1 heterocycles. The third-order valence-electron chi connectivity index (χ3n) is 3.10. The minimum absolute atomic E-state index is 0.180. The average Bonchev–Trinajstić information content (AvgIpc) is 2.87. The van der Waals surface area contributed by atoms with Crippen LogP contribution in [0.15, 0.2) is 24.4 Å². The molecule has 0 aliphatic carbocycles. The highest BCUT2D eigenvalue weighted by molar-refractivity contribution is 7.88. The molecule has 0 bridgehead atoms. The minimum atomic E-state index is -3.42. The van der Waals surface area contributed by atoms with Crippen LogP contribution in [0.25, 0.3) is 10.9 Å². The number of sulfonamides is 1. The first-order valence-corrected chi connectivity index (χ1v) is 7.76. The van der Waals surface area contributed by atoms with Crippen molar-refractivity contribution in [1.82, 2.24) is 14.6 Å². The summed E-state index contributed by atoms with van der Waals surface area (Å²) in [4.78, 5) is 3.54. The van der Waals surface area contributed by atoms with Crippen LogP contribution in [0.1, 0.15) is 19.4 Å². The zero-order valence-electron chi connectivity index (χ0n) is 17.1. The maximum atomic E-state index is 11.7. The molecule has 2 aromatic rings. The van der Waals surface area contributed by atoms with Crippen LogP contribution < -0.4 is 4.72 Å². The molecule has 110 valence electrons. The van der Waals surface area contributed by atoms with Gasteiger partial charge in [-0.05, 0) is 50.7 Å². The van der Waals surface area contributed by atoms with E-state index in [4.69, 9.17) is 8.22 Å². The van der Waals surface area contributed by atoms with Crippen molar-refractivity contribution in [2.75, 3.05) is 27.5 Å². The average molecular weight is 307 g/mol. The van der Waals surface area contributed by atoms with Gasteiger partial charge in [-0.3, -0.25) is 0 Å². The van der Waals surface area contributed by atoms with E-state index in [-0.39, 0.29) is 18.7 Å². The molecule has 0 saturated heterocycles. The molecule has 5 nitrogen and oxygen atoms in total. The lowest BCUT2D eigenvalue weighted by atomic mass is 10.1. The van der Waals surface area contributed by atoms with Crippen LogP contribution in [0, 0.1) is 0 Å². The number of likely N-dealkylation sites (N-methyl/N-ethyl adjacent to an activating group) is 1. The van der Waals surface area contributed by atoms with E-state index in [9.17, 15) is 8.42 Å². The highest BCUT2D eigenvalue weighted by atomic mass is 32.2. The Kier molecular flexibility index (Phi) is 2.62. The standard InChI is InChI=1S/C14H21N3O2S/c1-15-20(18,19)10-11-4-5-14-13(8-11)12(9-16-14)6-7-17(2)3/h4-5,8-9,15-16H,6-7,10H2,1-3H3/i2T3,3T3. The Hall–Kier alpha value is -1.37. The summed E-state index contributed by atoms with van der Waals surface area (Å²) in [7, 11) is -2.08. The zero-order chi connectivity index (χ0) is 19.8. The number of H-pyrrole nitrogens is 1. The first-order chi connectivity index (χ1) is 11.8. The maximum absolute atomic E-state index is 11.7. The second kappa shape index (κ2) is 5.95. The van der Waals surface area contributed by atoms with E-state index >= 15 is 0 Å². The third-order valence-corrected chi connectivity index (χ3v) is 4.44. The van der Waals surface area contributed by atoms with E-state index in [1.54, 1.807) is 24.4 Å². The molecule has 20 heavy (non-hydrogen) atoms. The molecule has 0 aliphatic heterocycles. The number of nitrogens with zero attached hydrogens (tertiary/aromatic N) is 1. The predicted octanol–water partition coefficient (Wildman–Crippen LogP) is 1.32. The van der Waals surface area contributed by atoms with Crippen LogP contribution in [0.3, 0.4) is 0 Å². The number of aromatic amines is 1. The Balaban J connectivity index is 2.27. The fourth-order valence-electron chi connectivity index (χ4n) is 2.05. The molecule has 0 saturated carbocycles. The van der Waals surface area contributed by atoms with Gasteiger partial charge in [0, 0.05) is 31.9 Å². The van der Waals surface area contributed by atoms with Crippen molar-refractivity contribution < 1.29 is 16.6 Å². The Morgan fingerprint density at radius 2 is 2.20 bits per heavy atom. The second-order valence-electron chi connectivity index (χ2n) is 4.56. The SMILES string of the molecule is [3H]C([3H])([3H])N(CCc1c[nH]c2ccc(CS(=O)(=O)NC)cc12)C([3H])([3H])[3H]. The van der Waals surface area contributed by atoms with E-state index in [1.165, 1.54) is 7.05 Å². The largest absolute Gasteiger partial charge is 0.361 e. The topological polar surface area (TPSA) is 65.2 Å². The lowest BCUT2D eigenvalue weighted by molar-refractivity contribution is 0.414. The lowest BCUT2D eigenvalue weighted by Gasteiger charge is -2.08. The van der Waals surface area contributed by atoms with Gasteiger partial charge in [0.05, 0.1) is 5.75 Å². The molecule has 0 radical (unpaired) electrons. The fraction of sp³-hybridized carbons (Fsp3) is 0.429. The van der Waals surface area contributed by atoms with Crippen LogP contribution in [-0.4, -0.2) is 45.8 Å². The van der Waals surface area contributed by atoms with E-state index in [2.05, 4.69) is 9.71 Å². The predicted molar refractivity (Wildman–Crippen MR) is 82.2 cm³/mol. The van der Waals surface area contributed by atoms with Gasteiger partial charge >= 0.3 is 0 Å². The molecule has 2 rings (SSSR count). The maximum Gasteiger partial charge on any atom is 0.215 e. The van der Waals surface area contributed by atoms with Crippen molar-refractivity contribution in [3.63, 3.8) is 0 Å². The highest BCUT2D eigenvalue weighted by Crippen LogP contribution is 2.21. The number of fused-ring (bicyclic) bond motifs is 1. The van der Waals surface area contributed by atoms with Crippen LogP contribution in [0.4, 0.5) is 0 Å². The van der Waals surface area contributed by atoms with Crippen molar-refractivity contribution >= 4 is 20.9 Å². The van der Waals surface area contributed by atoms with Gasteiger partial charge in [0.15, 0.2) is 0 Å². The molecule has 0 fully saturated rings. The van der Waals surface area contributed by atoms with Gasteiger partial charge in [0.25, 0.3) is 0 Å². The van der Waals surface area contributed by atoms with Crippen molar-refractivity contribution in [2.45, 2.75) is 12.2 Å². The summed E-state index contributed by atoms with van der Waals surface area (Å²) in [6, 6.07) is 5.14. The smallest absolute Gasteiger partial charge is 0.215 e. The molecule has 1 aromatic carbocycles. The molecule has 2 N–H and O–H groups in total. The Bertz CT molecular complexity index is 859. The third kappa shape index (κ3) is 3.59. The normalized spacial score (nSPS) is 18.1.